The molecular weight excluding hydrogens is 388 g/mol. The number of carbonyl (C=O) groups is 2. The van der Waals surface area contributed by atoms with Gasteiger partial charge < -0.3 is 19.7 Å². The van der Waals surface area contributed by atoms with Crippen molar-refractivity contribution in [2.75, 3.05) is 26.0 Å². The second kappa shape index (κ2) is 8.37. The van der Waals surface area contributed by atoms with E-state index in [4.69, 9.17) is 9.47 Å². The van der Waals surface area contributed by atoms with Crippen molar-refractivity contribution < 1.29 is 19.1 Å². The van der Waals surface area contributed by atoms with Gasteiger partial charge in [0.2, 0.25) is 5.91 Å². The molecule has 0 aliphatic carbocycles. The first-order valence-corrected chi connectivity index (χ1v) is 10.7. The number of carbonyl (C=O) groups excluding carboxylic acids is 2. The first kappa shape index (κ1) is 19.6. The highest BCUT2D eigenvalue weighted by Crippen LogP contribution is 2.56. The lowest BCUT2D eigenvalue weighted by Gasteiger charge is -2.59. The summed E-state index contributed by atoms with van der Waals surface area (Å²) in [5.74, 6) is 1.52. The van der Waals surface area contributed by atoms with Crippen molar-refractivity contribution in [1.82, 2.24) is 10.2 Å². The van der Waals surface area contributed by atoms with Crippen LogP contribution in [0.4, 0.5) is 4.79 Å². The zero-order valence-corrected chi connectivity index (χ0v) is 17.1. The molecule has 7 heteroatoms. The molecule has 0 saturated carbocycles. The first-order chi connectivity index (χ1) is 14.1. The number of nitrogens with one attached hydrogen (secondary N) is 1. The number of thioether (sulfide) groups is 1. The standard InChI is InChI=1S/C22H24N2O4S/c1-27-18-10-8-17(9-11-18)22-19(20(25)24(22)12-5-13-29-22)14-23-21(26)28-15-16-6-3-2-4-7-16/h2-4,6-11,19H,5,12-15H2,1H3,(H,23,26)/t19-,22+/m1/s1. The molecule has 2 saturated heterocycles. The number of nitrogens with zero attached hydrogens (tertiary/aromatic N) is 1. The van der Waals surface area contributed by atoms with Gasteiger partial charge in [0.05, 0.1) is 13.0 Å². The third-order valence-corrected chi connectivity index (χ3v) is 7.13. The Hall–Kier alpha value is -2.67. The lowest BCUT2D eigenvalue weighted by molar-refractivity contribution is -0.161. The van der Waals surface area contributed by atoms with Gasteiger partial charge in [-0.1, -0.05) is 42.5 Å². The minimum atomic E-state index is -0.509. The maximum atomic E-state index is 12.8. The molecule has 2 aromatic rings. The number of ether oxygens (including phenoxy) is 2. The number of rotatable bonds is 6. The molecule has 2 aliphatic heterocycles. The van der Waals surface area contributed by atoms with Gasteiger partial charge in [0.25, 0.3) is 0 Å². The minimum Gasteiger partial charge on any atom is -0.497 e. The molecule has 0 spiro atoms. The predicted octanol–water partition coefficient (Wildman–Crippen LogP) is 3.37. The van der Waals surface area contributed by atoms with E-state index in [0.29, 0.717) is 0 Å². The number of fused-ring (bicyclic) bond motifs is 1. The molecule has 2 aliphatic rings. The van der Waals surface area contributed by atoms with Gasteiger partial charge >= 0.3 is 6.09 Å². The second-order valence-corrected chi connectivity index (χ2v) is 8.43. The van der Waals surface area contributed by atoms with Crippen LogP contribution in [0.15, 0.2) is 54.6 Å². The maximum Gasteiger partial charge on any atom is 0.407 e. The molecule has 0 aromatic heterocycles. The summed E-state index contributed by atoms with van der Waals surface area (Å²) in [5.41, 5.74) is 1.98. The average molecular weight is 413 g/mol. The van der Waals surface area contributed by atoms with Gasteiger partial charge in [-0.25, -0.2) is 4.79 Å². The fourth-order valence-corrected chi connectivity index (χ4v) is 5.61. The van der Waals surface area contributed by atoms with Crippen LogP contribution >= 0.6 is 11.8 Å². The number of amides is 2. The summed E-state index contributed by atoms with van der Waals surface area (Å²) in [7, 11) is 1.63. The van der Waals surface area contributed by atoms with Crippen LogP contribution in [0.25, 0.3) is 0 Å². The first-order valence-electron chi connectivity index (χ1n) is 9.69. The Labute approximate surface area is 174 Å². The van der Waals surface area contributed by atoms with E-state index in [0.717, 1.165) is 35.6 Å². The van der Waals surface area contributed by atoms with Crippen LogP contribution in [-0.4, -0.2) is 42.9 Å². The molecule has 2 aromatic carbocycles. The molecule has 1 N–H and O–H groups in total. The molecule has 2 fully saturated rings. The monoisotopic (exact) mass is 412 g/mol. The lowest BCUT2D eigenvalue weighted by Crippen LogP contribution is -2.70. The van der Waals surface area contributed by atoms with Crippen LogP contribution in [0, 0.1) is 5.92 Å². The van der Waals surface area contributed by atoms with Gasteiger partial charge in [-0.15, -0.1) is 11.8 Å². The highest BCUT2D eigenvalue weighted by molar-refractivity contribution is 8.00. The minimum absolute atomic E-state index is 0.0800. The number of β-lactam (4-membered cyclic amide) rings is 1. The Morgan fingerprint density at radius 1 is 1.21 bits per heavy atom. The van der Waals surface area contributed by atoms with Crippen molar-refractivity contribution in [3.05, 3.63) is 65.7 Å². The molecule has 0 bridgehead atoms. The van der Waals surface area contributed by atoms with E-state index >= 15 is 0 Å². The normalized spacial score (nSPS) is 23.0. The number of methoxy groups -OCH3 is 1. The number of hydrogen-bond donors (Lipinski definition) is 1. The quantitative estimate of drug-likeness (QED) is 0.737. The topological polar surface area (TPSA) is 67.9 Å². The smallest absolute Gasteiger partial charge is 0.407 e. The van der Waals surface area contributed by atoms with Crippen LogP contribution < -0.4 is 10.1 Å². The Bertz CT molecular complexity index is 874. The van der Waals surface area contributed by atoms with Crippen LogP contribution in [0.5, 0.6) is 5.75 Å². The molecule has 29 heavy (non-hydrogen) atoms. The average Bonchev–Trinajstić information content (AvgIpc) is 2.78. The zero-order valence-electron chi connectivity index (χ0n) is 16.3. The van der Waals surface area contributed by atoms with Crippen molar-refractivity contribution in [2.45, 2.75) is 17.9 Å². The third kappa shape index (κ3) is 3.67. The van der Waals surface area contributed by atoms with Crippen LogP contribution in [0.3, 0.4) is 0 Å². The molecule has 2 atom stereocenters. The van der Waals surface area contributed by atoms with E-state index in [2.05, 4.69) is 5.32 Å². The van der Waals surface area contributed by atoms with E-state index in [1.165, 1.54) is 0 Å². The van der Waals surface area contributed by atoms with Gasteiger partial charge in [-0.3, -0.25) is 4.79 Å². The van der Waals surface area contributed by atoms with Crippen molar-refractivity contribution in [3.8, 4) is 5.75 Å². The van der Waals surface area contributed by atoms with Crippen LogP contribution in [0.1, 0.15) is 17.5 Å². The predicted molar refractivity (Wildman–Crippen MR) is 112 cm³/mol. The van der Waals surface area contributed by atoms with Gasteiger partial charge in [0, 0.05) is 13.1 Å². The maximum absolute atomic E-state index is 12.8. The van der Waals surface area contributed by atoms with Crippen molar-refractivity contribution in [3.63, 3.8) is 0 Å². The molecule has 4 rings (SSSR count). The Kier molecular flexibility index (Phi) is 5.67. The van der Waals surface area contributed by atoms with Crippen molar-refractivity contribution in [1.29, 1.82) is 0 Å². The fraction of sp³-hybridized carbons (Fsp3) is 0.364. The SMILES string of the molecule is COc1ccc([C@@]23SCCCN2C(=O)[C@H]3CNC(=O)OCc2ccccc2)cc1. The van der Waals surface area contributed by atoms with Crippen LogP contribution in [-0.2, 0) is 21.0 Å². The fourth-order valence-electron chi connectivity index (χ4n) is 4.00. The van der Waals surface area contributed by atoms with Gasteiger partial charge in [0.15, 0.2) is 0 Å². The summed E-state index contributed by atoms with van der Waals surface area (Å²) in [6, 6.07) is 17.4. The summed E-state index contributed by atoms with van der Waals surface area (Å²) >= 11 is 1.77. The molecule has 0 radical (unpaired) electrons. The molecule has 152 valence electrons. The summed E-state index contributed by atoms with van der Waals surface area (Å²) in [5, 5.41) is 2.79. The van der Waals surface area contributed by atoms with Gasteiger partial charge in [-0.05, 0) is 35.4 Å². The van der Waals surface area contributed by atoms with Gasteiger partial charge in [-0.2, -0.15) is 0 Å². The van der Waals surface area contributed by atoms with E-state index in [1.54, 1.807) is 18.9 Å². The molecule has 2 heterocycles. The number of benzene rings is 2. The number of alkyl carbamates (subject to hydrolysis) is 1. The van der Waals surface area contributed by atoms with Gasteiger partial charge in [0.1, 0.15) is 17.2 Å². The van der Waals surface area contributed by atoms with Crippen LogP contribution in [0.2, 0.25) is 0 Å². The zero-order chi connectivity index (χ0) is 20.3. The van der Waals surface area contributed by atoms with Crippen molar-refractivity contribution in [2.24, 2.45) is 5.92 Å². The Morgan fingerprint density at radius 2 is 1.97 bits per heavy atom. The molecule has 2 amide bonds. The third-order valence-electron chi connectivity index (χ3n) is 5.45. The number of hydrogen-bond acceptors (Lipinski definition) is 5. The second-order valence-electron chi connectivity index (χ2n) is 7.11. The highest BCUT2D eigenvalue weighted by Gasteiger charge is 2.62. The summed E-state index contributed by atoms with van der Waals surface area (Å²) < 4.78 is 10.6. The highest BCUT2D eigenvalue weighted by atomic mass is 32.2. The van der Waals surface area contributed by atoms with E-state index < -0.39 is 11.0 Å². The van der Waals surface area contributed by atoms with E-state index in [9.17, 15) is 9.59 Å². The lowest BCUT2D eigenvalue weighted by atomic mass is 9.80. The van der Waals surface area contributed by atoms with E-state index in [-0.39, 0.29) is 25.0 Å². The summed E-state index contributed by atoms with van der Waals surface area (Å²) in [6.45, 7) is 1.20. The summed E-state index contributed by atoms with van der Waals surface area (Å²) in [6.07, 6.45) is 0.471. The van der Waals surface area contributed by atoms with E-state index in [1.807, 2.05) is 59.5 Å². The Balaban J connectivity index is 1.43. The summed E-state index contributed by atoms with van der Waals surface area (Å²) in [4.78, 5) is 26.5. The molecule has 6 nitrogen and oxygen atoms in total. The molecule has 0 unspecified atom stereocenters. The largest absolute Gasteiger partial charge is 0.497 e. The Morgan fingerprint density at radius 3 is 2.69 bits per heavy atom. The molecular formula is C22H24N2O4S. The van der Waals surface area contributed by atoms with Crippen molar-refractivity contribution >= 4 is 23.8 Å².